The molecule has 1 atom stereocenters. The molecule has 0 heterocycles. The van der Waals surface area contributed by atoms with Gasteiger partial charge in [-0.15, -0.1) is 6.42 Å². The number of nitrogens with one attached hydrogen (secondary N) is 1. The maximum atomic E-state index is 5.78. The Kier molecular flexibility index (Phi) is 5.69. The zero-order valence-corrected chi connectivity index (χ0v) is 12.1. The molecule has 0 aromatic heterocycles. The second-order valence-corrected chi connectivity index (χ2v) is 4.65. The summed E-state index contributed by atoms with van der Waals surface area (Å²) in [5, 5.41) is 3.11. The smallest absolute Gasteiger partial charge is 0.127 e. The van der Waals surface area contributed by atoms with Crippen molar-refractivity contribution >= 4 is 0 Å². The van der Waals surface area contributed by atoms with Crippen LogP contribution in [-0.4, -0.2) is 19.2 Å². The summed E-state index contributed by atoms with van der Waals surface area (Å²) in [7, 11) is 0. The molecule has 2 rings (SSSR count). The van der Waals surface area contributed by atoms with Gasteiger partial charge in [-0.25, -0.2) is 0 Å². The van der Waals surface area contributed by atoms with E-state index in [0.29, 0.717) is 13.1 Å². The van der Waals surface area contributed by atoms with Crippen LogP contribution in [0.2, 0.25) is 0 Å². The van der Waals surface area contributed by atoms with Crippen molar-refractivity contribution in [2.24, 2.45) is 0 Å². The number of benzene rings is 2. The summed E-state index contributed by atoms with van der Waals surface area (Å²) in [6.45, 7) is 3.27. The lowest BCUT2D eigenvalue weighted by Gasteiger charge is -2.15. The molecule has 1 unspecified atom stereocenters. The van der Waals surface area contributed by atoms with Gasteiger partial charge in [0.1, 0.15) is 23.4 Å². The SMILES string of the molecule is C#CCNCC(C)Oc1ccc(Oc2ccccc2)cc1. The Bertz CT molecular complexity index is 572. The fourth-order valence-electron chi connectivity index (χ4n) is 1.83. The van der Waals surface area contributed by atoms with Crippen LogP contribution in [0, 0.1) is 12.3 Å². The first kappa shape index (κ1) is 15.0. The molecular formula is C18H19NO2. The zero-order chi connectivity index (χ0) is 14.9. The van der Waals surface area contributed by atoms with Crippen LogP contribution < -0.4 is 14.8 Å². The quantitative estimate of drug-likeness (QED) is 0.622. The lowest BCUT2D eigenvalue weighted by Crippen LogP contribution is -2.29. The Morgan fingerprint density at radius 1 is 1.00 bits per heavy atom. The van der Waals surface area contributed by atoms with Gasteiger partial charge < -0.3 is 14.8 Å². The van der Waals surface area contributed by atoms with Gasteiger partial charge in [-0.1, -0.05) is 24.1 Å². The molecule has 21 heavy (non-hydrogen) atoms. The Morgan fingerprint density at radius 2 is 1.62 bits per heavy atom. The highest BCUT2D eigenvalue weighted by Gasteiger charge is 2.04. The minimum absolute atomic E-state index is 0.0549. The molecule has 0 radical (unpaired) electrons. The van der Waals surface area contributed by atoms with E-state index in [2.05, 4.69) is 11.2 Å². The van der Waals surface area contributed by atoms with Gasteiger partial charge in [0.05, 0.1) is 6.54 Å². The largest absolute Gasteiger partial charge is 0.489 e. The molecule has 1 N–H and O–H groups in total. The molecule has 0 aliphatic rings. The standard InChI is InChI=1S/C18H19NO2/c1-3-13-19-14-15(2)20-17-9-11-18(12-10-17)21-16-7-5-4-6-8-16/h1,4-12,15,19H,13-14H2,2H3. The van der Waals surface area contributed by atoms with E-state index in [9.17, 15) is 0 Å². The topological polar surface area (TPSA) is 30.5 Å². The predicted octanol–water partition coefficient (Wildman–Crippen LogP) is 3.47. The van der Waals surface area contributed by atoms with Crippen molar-refractivity contribution in [3.63, 3.8) is 0 Å². The molecule has 0 saturated heterocycles. The van der Waals surface area contributed by atoms with E-state index < -0.39 is 0 Å². The number of para-hydroxylation sites is 1. The monoisotopic (exact) mass is 281 g/mol. The average Bonchev–Trinajstić information content (AvgIpc) is 2.51. The Hall–Kier alpha value is -2.44. The number of terminal acetylenes is 1. The van der Waals surface area contributed by atoms with Crippen LogP contribution in [0.25, 0.3) is 0 Å². The fourth-order valence-corrected chi connectivity index (χ4v) is 1.83. The minimum Gasteiger partial charge on any atom is -0.489 e. The zero-order valence-electron chi connectivity index (χ0n) is 12.1. The van der Waals surface area contributed by atoms with E-state index in [1.165, 1.54) is 0 Å². The molecule has 2 aromatic rings. The molecule has 0 saturated carbocycles. The lowest BCUT2D eigenvalue weighted by atomic mass is 10.3. The summed E-state index contributed by atoms with van der Waals surface area (Å²) in [5.41, 5.74) is 0. The van der Waals surface area contributed by atoms with Crippen molar-refractivity contribution < 1.29 is 9.47 Å². The lowest BCUT2D eigenvalue weighted by molar-refractivity contribution is 0.219. The Labute approximate surface area is 125 Å². The van der Waals surface area contributed by atoms with Gasteiger partial charge in [-0.3, -0.25) is 0 Å². The first-order chi connectivity index (χ1) is 10.3. The van der Waals surface area contributed by atoms with Crippen molar-refractivity contribution in [3.8, 4) is 29.6 Å². The fraction of sp³-hybridized carbons (Fsp3) is 0.222. The van der Waals surface area contributed by atoms with Crippen LogP contribution in [0.15, 0.2) is 54.6 Å². The number of ether oxygens (including phenoxy) is 2. The summed E-state index contributed by atoms with van der Waals surface area (Å²) < 4.78 is 11.5. The van der Waals surface area contributed by atoms with Gasteiger partial charge in [0.15, 0.2) is 0 Å². The van der Waals surface area contributed by atoms with Gasteiger partial charge >= 0.3 is 0 Å². The van der Waals surface area contributed by atoms with E-state index in [1.807, 2.05) is 61.5 Å². The van der Waals surface area contributed by atoms with Crippen LogP contribution in [0.1, 0.15) is 6.92 Å². The van der Waals surface area contributed by atoms with Crippen LogP contribution in [0.3, 0.4) is 0 Å². The van der Waals surface area contributed by atoms with Crippen LogP contribution >= 0.6 is 0 Å². The van der Waals surface area contributed by atoms with E-state index >= 15 is 0 Å². The van der Waals surface area contributed by atoms with Crippen molar-refractivity contribution in [1.82, 2.24) is 5.32 Å². The molecule has 3 nitrogen and oxygen atoms in total. The van der Waals surface area contributed by atoms with Crippen molar-refractivity contribution in [1.29, 1.82) is 0 Å². The van der Waals surface area contributed by atoms with Gasteiger partial charge in [-0.2, -0.15) is 0 Å². The summed E-state index contributed by atoms with van der Waals surface area (Å²) in [5.74, 6) is 4.95. The maximum Gasteiger partial charge on any atom is 0.127 e. The van der Waals surface area contributed by atoms with Crippen molar-refractivity contribution in [2.45, 2.75) is 13.0 Å². The van der Waals surface area contributed by atoms with Gasteiger partial charge in [0, 0.05) is 6.54 Å². The molecule has 0 bridgehead atoms. The molecule has 108 valence electrons. The third kappa shape index (κ3) is 5.21. The van der Waals surface area contributed by atoms with Crippen LogP contribution in [0.5, 0.6) is 17.2 Å². The van der Waals surface area contributed by atoms with Gasteiger partial charge in [-0.05, 0) is 43.3 Å². The van der Waals surface area contributed by atoms with Gasteiger partial charge in [0.2, 0.25) is 0 Å². The second kappa shape index (κ2) is 7.98. The van der Waals surface area contributed by atoms with E-state index in [-0.39, 0.29) is 6.10 Å². The average molecular weight is 281 g/mol. The van der Waals surface area contributed by atoms with Gasteiger partial charge in [0.25, 0.3) is 0 Å². The number of hydrogen-bond donors (Lipinski definition) is 1. The Morgan fingerprint density at radius 3 is 2.29 bits per heavy atom. The van der Waals surface area contributed by atoms with E-state index in [1.54, 1.807) is 0 Å². The van der Waals surface area contributed by atoms with Crippen molar-refractivity contribution in [3.05, 3.63) is 54.6 Å². The third-order valence-electron chi connectivity index (χ3n) is 2.80. The molecule has 2 aromatic carbocycles. The third-order valence-corrected chi connectivity index (χ3v) is 2.80. The van der Waals surface area contributed by atoms with E-state index in [0.717, 1.165) is 17.2 Å². The minimum atomic E-state index is 0.0549. The predicted molar refractivity (Wildman–Crippen MR) is 84.8 cm³/mol. The molecule has 0 spiro atoms. The van der Waals surface area contributed by atoms with Crippen LogP contribution in [-0.2, 0) is 0 Å². The molecule has 0 aliphatic carbocycles. The highest BCUT2D eigenvalue weighted by molar-refractivity contribution is 5.35. The number of rotatable bonds is 7. The summed E-state index contributed by atoms with van der Waals surface area (Å²) in [6, 6.07) is 17.3. The summed E-state index contributed by atoms with van der Waals surface area (Å²) in [4.78, 5) is 0. The summed E-state index contributed by atoms with van der Waals surface area (Å²) >= 11 is 0. The molecule has 0 fully saturated rings. The summed E-state index contributed by atoms with van der Waals surface area (Å²) in [6.07, 6.45) is 5.23. The maximum absolute atomic E-state index is 5.78. The molecule has 0 amide bonds. The molecule has 3 heteroatoms. The van der Waals surface area contributed by atoms with Crippen molar-refractivity contribution in [2.75, 3.05) is 13.1 Å². The Balaban J connectivity index is 1.86. The highest BCUT2D eigenvalue weighted by atomic mass is 16.5. The molecular weight excluding hydrogens is 262 g/mol. The second-order valence-electron chi connectivity index (χ2n) is 4.65. The number of hydrogen-bond acceptors (Lipinski definition) is 3. The first-order valence-electron chi connectivity index (χ1n) is 6.92. The highest BCUT2D eigenvalue weighted by Crippen LogP contribution is 2.23. The van der Waals surface area contributed by atoms with Crippen LogP contribution in [0.4, 0.5) is 0 Å². The molecule has 0 aliphatic heterocycles. The normalized spacial score (nSPS) is 11.4. The van der Waals surface area contributed by atoms with E-state index in [4.69, 9.17) is 15.9 Å². The first-order valence-corrected chi connectivity index (χ1v) is 6.92.